The second-order valence-corrected chi connectivity index (χ2v) is 8.90. The Kier molecular flexibility index (Phi) is 5.58. The van der Waals surface area contributed by atoms with Crippen LogP contribution in [-0.2, 0) is 21.2 Å². The Hall–Kier alpha value is -3.85. The van der Waals surface area contributed by atoms with Crippen LogP contribution in [0.5, 0.6) is 0 Å². The van der Waals surface area contributed by atoms with Gasteiger partial charge in [0.15, 0.2) is 0 Å². The van der Waals surface area contributed by atoms with Gasteiger partial charge in [-0.1, -0.05) is 18.2 Å². The number of amides is 1. The molecule has 1 heterocycles. The second-order valence-electron chi connectivity index (χ2n) is 6.98. The summed E-state index contributed by atoms with van der Waals surface area (Å²) in [4.78, 5) is 24.6. The highest BCUT2D eigenvalue weighted by Gasteiger charge is 2.24. The molecular formula is C23H16F2N2O4S. The number of hydrogen-bond donors (Lipinski definition) is 1. The molecule has 32 heavy (non-hydrogen) atoms. The predicted octanol–water partition coefficient (Wildman–Crippen LogP) is 3.75. The maximum atomic E-state index is 13.9. The smallest absolute Gasteiger partial charge is 0.244 e. The molecule has 4 aromatic rings. The van der Waals surface area contributed by atoms with Gasteiger partial charge in [0, 0.05) is 17.3 Å². The van der Waals surface area contributed by atoms with Gasteiger partial charge in [-0.15, -0.1) is 0 Å². The number of rotatable bonds is 5. The fourth-order valence-corrected chi connectivity index (χ4v) is 4.65. The monoisotopic (exact) mass is 454 g/mol. The molecule has 1 N–H and O–H groups in total. The number of fused-ring (bicyclic) bond motifs is 1. The van der Waals surface area contributed by atoms with Crippen LogP contribution in [0, 0.1) is 11.6 Å². The Balaban J connectivity index is 1.84. The largest absolute Gasteiger partial charge is 0.336 e. The third-order valence-corrected chi connectivity index (χ3v) is 6.56. The molecule has 162 valence electrons. The lowest BCUT2D eigenvalue weighted by Gasteiger charge is -2.14. The first kappa shape index (κ1) is 21.4. The van der Waals surface area contributed by atoms with Crippen molar-refractivity contribution in [2.75, 3.05) is 5.32 Å². The van der Waals surface area contributed by atoms with Gasteiger partial charge in [-0.25, -0.2) is 17.2 Å². The number of aromatic nitrogens is 1. The molecule has 0 unspecified atom stereocenters. The number of carbonyl (C=O) groups excluding carboxylic acids is 1. The zero-order valence-electron chi connectivity index (χ0n) is 16.5. The molecule has 0 spiro atoms. The summed E-state index contributed by atoms with van der Waals surface area (Å²) in [5.74, 6) is -1.85. The lowest BCUT2D eigenvalue weighted by Crippen LogP contribution is -2.24. The molecule has 4 rings (SSSR count). The van der Waals surface area contributed by atoms with Crippen LogP contribution in [-0.4, -0.2) is 18.9 Å². The first-order chi connectivity index (χ1) is 15.3. The van der Waals surface area contributed by atoms with E-state index < -0.39 is 37.7 Å². The van der Waals surface area contributed by atoms with Gasteiger partial charge in [0.1, 0.15) is 23.1 Å². The van der Waals surface area contributed by atoms with Crippen LogP contribution in [0.3, 0.4) is 0 Å². The zero-order chi connectivity index (χ0) is 22.9. The summed E-state index contributed by atoms with van der Waals surface area (Å²) in [5, 5.41) is 2.48. The summed E-state index contributed by atoms with van der Waals surface area (Å²) < 4.78 is 54.6. The van der Waals surface area contributed by atoms with Gasteiger partial charge in [0.2, 0.25) is 21.2 Å². The average Bonchev–Trinajstić information content (AvgIpc) is 2.76. The Bertz CT molecular complexity index is 1480. The molecule has 0 aliphatic rings. The van der Waals surface area contributed by atoms with Crippen LogP contribution in [0.15, 0.2) is 93.6 Å². The summed E-state index contributed by atoms with van der Waals surface area (Å²) in [6, 6.07) is 15.9. The molecule has 0 fully saturated rings. The maximum Gasteiger partial charge on any atom is 0.244 e. The Morgan fingerprint density at radius 1 is 0.906 bits per heavy atom. The van der Waals surface area contributed by atoms with Crippen molar-refractivity contribution in [2.45, 2.75) is 16.3 Å². The number of sulfone groups is 1. The number of pyridine rings is 1. The van der Waals surface area contributed by atoms with Crippen molar-refractivity contribution in [3.8, 4) is 0 Å². The highest BCUT2D eigenvalue weighted by Crippen LogP contribution is 2.22. The van der Waals surface area contributed by atoms with Crippen LogP contribution < -0.4 is 10.7 Å². The van der Waals surface area contributed by atoms with Gasteiger partial charge in [-0.3, -0.25) is 9.59 Å². The van der Waals surface area contributed by atoms with Crippen LogP contribution in [0.25, 0.3) is 10.9 Å². The Morgan fingerprint density at radius 3 is 2.25 bits per heavy atom. The van der Waals surface area contributed by atoms with Gasteiger partial charge in [0.25, 0.3) is 0 Å². The number of nitrogens with one attached hydrogen (secondary N) is 1. The molecule has 9 heteroatoms. The highest BCUT2D eigenvalue weighted by atomic mass is 32.2. The SMILES string of the molecule is O=C(Cn1cc(S(=O)(=O)c2ccc(F)cc2)c(=O)c2cc(F)ccc21)Nc1ccccc1. The molecule has 1 aromatic heterocycles. The summed E-state index contributed by atoms with van der Waals surface area (Å²) >= 11 is 0. The quantitative estimate of drug-likeness (QED) is 0.466. The van der Waals surface area contributed by atoms with E-state index in [0.29, 0.717) is 5.69 Å². The van der Waals surface area contributed by atoms with Gasteiger partial charge >= 0.3 is 0 Å². The van der Waals surface area contributed by atoms with Gasteiger partial charge in [0.05, 0.1) is 10.4 Å². The number of nitrogens with zero attached hydrogens (tertiary/aromatic N) is 1. The minimum Gasteiger partial charge on any atom is -0.336 e. The predicted molar refractivity (Wildman–Crippen MR) is 115 cm³/mol. The standard InChI is InChI=1S/C23H16F2N2O4S/c24-15-6-9-18(10-7-15)32(30,31)21-13-27(14-22(28)26-17-4-2-1-3-5-17)20-11-8-16(25)12-19(20)23(21)29/h1-13H,14H2,(H,26,28). The van der Waals surface area contributed by atoms with Crippen LogP contribution in [0.4, 0.5) is 14.5 Å². The summed E-state index contributed by atoms with van der Waals surface area (Å²) in [7, 11) is -4.36. The van der Waals surface area contributed by atoms with E-state index in [9.17, 15) is 26.8 Å². The van der Waals surface area contributed by atoms with Crippen LogP contribution in [0.2, 0.25) is 0 Å². The van der Waals surface area contributed by atoms with Crippen molar-refractivity contribution in [3.05, 3.63) is 101 Å². The number of para-hydroxylation sites is 1. The van der Waals surface area contributed by atoms with Gasteiger partial charge in [-0.05, 0) is 54.6 Å². The molecule has 0 aliphatic carbocycles. The van der Waals surface area contributed by atoms with Crippen molar-refractivity contribution < 1.29 is 22.0 Å². The number of carbonyl (C=O) groups is 1. The normalized spacial score (nSPS) is 11.4. The molecule has 0 aliphatic heterocycles. The minimum atomic E-state index is -4.36. The zero-order valence-corrected chi connectivity index (χ0v) is 17.3. The van der Waals surface area contributed by atoms with Gasteiger partial charge in [-0.2, -0.15) is 0 Å². The van der Waals surface area contributed by atoms with E-state index in [4.69, 9.17) is 0 Å². The van der Waals surface area contributed by atoms with Crippen molar-refractivity contribution in [1.29, 1.82) is 0 Å². The molecule has 0 bridgehead atoms. The topological polar surface area (TPSA) is 85.2 Å². The van der Waals surface area contributed by atoms with E-state index in [0.717, 1.165) is 42.6 Å². The van der Waals surface area contributed by atoms with Crippen LogP contribution in [0.1, 0.15) is 0 Å². The first-order valence-electron chi connectivity index (χ1n) is 9.44. The third-order valence-electron chi connectivity index (χ3n) is 4.79. The van der Waals surface area contributed by atoms with Crippen LogP contribution >= 0.6 is 0 Å². The highest BCUT2D eigenvalue weighted by molar-refractivity contribution is 7.91. The lowest BCUT2D eigenvalue weighted by molar-refractivity contribution is -0.116. The van der Waals surface area contributed by atoms with Gasteiger partial charge < -0.3 is 9.88 Å². The van der Waals surface area contributed by atoms with E-state index in [1.165, 1.54) is 10.6 Å². The molecular weight excluding hydrogens is 438 g/mol. The lowest BCUT2D eigenvalue weighted by atomic mass is 10.2. The summed E-state index contributed by atoms with van der Waals surface area (Å²) in [5.41, 5.74) is -0.186. The van der Waals surface area contributed by atoms with Crippen molar-refractivity contribution in [2.24, 2.45) is 0 Å². The fourth-order valence-electron chi connectivity index (χ4n) is 3.28. The van der Waals surface area contributed by atoms with E-state index in [1.54, 1.807) is 30.3 Å². The second kappa shape index (κ2) is 8.35. The molecule has 0 saturated carbocycles. The Morgan fingerprint density at radius 2 is 1.56 bits per heavy atom. The molecule has 6 nitrogen and oxygen atoms in total. The summed E-state index contributed by atoms with van der Waals surface area (Å²) in [6.45, 7) is -0.330. The van der Waals surface area contributed by atoms with E-state index in [1.807, 2.05) is 0 Å². The summed E-state index contributed by atoms with van der Waals surface area (Å²) in [6.07, 6.45) is 1.05. The first-order valence-corrected chi connectivity index (χ1v) is 10.9. The molecule has 0 atom stereocenters. The average molecular weight is 454 g/mol. The minimum absolute atomic E-state index is 0.192. The molecule has 0 saturated heterocycles. The van der Waals surface area contributed by atoms with E-state index in [2.05, 4.69) is 5.32 Å². The number of hydrogen-bond acceptors (Lipinski definition) is 4. The fraction of sp³-hybridized carbons (Fsp3) is 0.0435. The number of benzene rings is 3. The number of anilines is 1. The maximum absolute atomic E-state index is 13.9. The van der Waals surface area contributed by atoms with E-state index >= 15 is 0 Å². The van der Waals surface area contributed by atoms with Crippen molar-refractivity contribution in [1.82, 2.24) is 4.57 Å². The Labute approximate surface area is 181 Å². The third kappa shape index (κ3) is 4.15. The van der Waals surface area contributed by atoms with E-state index in [-0.39, 0.29) is 22.3 Å². The van der Waals surface area contributed by atoms with Crippen molar-refractivity contribution in [3.63, 3.8) is 0 Å². The molecule has 3 aromatic carbocycles. The number of halogens is 2. The van der Waals surface area contributed by atoms with Crippen molar-refractivity contribution >= 4 is 32.3 Å². The molecule has 0 radical (unpaired) electrons. The molecule has 1 amide bonds.